The Morgan fingerprint density at radius 1 is 1.14 bits per heavy atom. The van der Waals surface area contributed by atoms with E-state index in [2.05, 4.69) is 5.32 Å². The van der Waals surface area contributed by atoms with E-state index in [0.29, 0.717) is 18.5 Å². The summed E-state index contributed by atoms with van der Waals surface area (Å²) in [6.45, 7) is 0.0955. The van der Waals surface area contributed by atoms with Crippen molar-refractivity contribution in [2.24, 2.45) is 0 Å². The van der Waals surface area contributed by atoms with Crippen molar-refractivity contribution in [1.82, 2.24) is 4.31 Å². The van der Waals surface area contributed by atoms with E-state index in [1.165, 1.54) is 21.7 Å². The van der Waals surface area contributed by atoms with E-state index in [9.17, 15) is 21.6 Å². The third-order valence-electron chi connectivity index (χ3n) is 5.17. The molecule has 1 aromatic carbocycles. The summed E-state index contributed by atoms with van der Waals surface area (Å²) < 4.78 is 52.9. The van der Waals surface area contributed by atoms with E-state index in [4.69, 9.17) is 0 Å². The number of carbonyl (C=O) groups is 1. The first-order valence-corrected chi connectivity index (χ1v) is 13.0. The van der Waals surface area contributed by atoms with Crippen LogP contribution in [0.15, 0.2) is 40.6 Å². The number of nitrogens with one attached hydrogen (secondary N) is 1. The molecule has 1 saturated heterocycles. The molecule has 28 heavy (non-hydrogen) atoms. The summed E-state index contributed by atoms with van der Waals surface area (Å²) in [5.74, 6) is -0.282. The van der Waals surface area contributed by atoms with Crippen LogP contribution in [0.1, 0.15) is 28.5 Å². The predicted molar refractivity (Wildman–Crippen MR) is 108 cm³/mol. The van der Waals surface area contributed by atoms with Gasteiger partial charge in [-0.3, -0.25) is 4.79 Å². The van der Waals surface area contributed by atoms with Gasteiger partial charge in [-0.1, -0.05) is 6.07 Å². The molecule has 0 saturated carbocycles. The van der Waals surface area contributed by atoms with Gasteiger partial charge in [0.1, 0.15) is 0 Å². The quantitative estimate of drug-likeness (QED) is 0.788. The number of amides is 1. The van der Waals surface area contributed by atoms with Gasteiger partial charge < -0.3 is 5.32 Å². The molecular formula is C18H20N2O5S3. The summed E-state index contributed by atoms with van der Waals surface area (Å²) in [5.41, 5.74) is 1.41. The molecule has 7 nitrogen and oxygen atoms in total. The Hall–Kier alpha value is -1.75. The lowest BCUT2D eigenvalue weighted by atomic mass is 10.0. The standard InChI is InChI=1S/C18H20N2O5S3/c21-18-6-3-13-12-14(4-5-15(13)19-18)28(24,25)20-8-7-17(16-2-1-10-26-16)27(22,23)11-9-20/h1-2,4-5,10,12,17H,3,6-9,11H2,(H,19,21)/t17-/m0/s1. The monoisotopic (exact) mass is 440 g/mol. The van der Waals surface area contributed by atoms with Gasteiger partial charge in [0.25, 0.3) is 0 Å². The third kappa shape index (κ3) is 3.61. The third-order valence-corrected chi connectivity index (χ3v) is 10.3. The summed E-state index contributed by atoms with van der Waals surface area (Å²) in [4.78, 5) is 12.4. The van der Waals surface area contributed by atoms with Crippen LogP contribution >= 0.6 is 11.3 Å². The van der Waals surface area contributed by atoms with Gasteiger partial charge in [0.2, 0.25) is 15.9 Å². The van der Waals surface area contributed by atoms with E-state index < -0.39 is 25.1 Å². The minimum absolute atomic E-state index is 0.0552. The Balaban J connectivity index is 1.61. The van der Waals surface area contributed by atoms with Crippen LogP contribution < -0.4 is 5.32 Å². The summed E-state index contributed by atoms with van der Waals surface area (Å²) in [6.07, 6.45) is 1.05. The van der Waals surface area contributed by atoms with Gasteiger partial charge >= 0.3 is 0 Å². The van der Waals surface area contributed by atoms with Crippen molar-refractivity contribution >= 4 is 42.8 Å². The fraction of sp³-hybridized carbons (Fsp3) is 0.389. The molecule has 10 heteroatoms. The highest BCUT2D eigenvalue weighted by atomic mass is 32.2. The molecule has 2 aromatic rings. The fourth-order valence-corrected chi connectivity index (χ4v) is 8.25. The van der Waals surface area contributed by atoms with Crippen LogP contribution in [-0.2, 0) is 31.1 Å². The molecule has 1 amide bonds. The zero-order valence-corrected chi connectivity index (χ0v) is 17.4. The highest BCUT2D eigenvalue weighted by Gasteiger charge is 2.36. The van der Waals surface area contributed by atoms with Crippen LogP contribution in [0.4, 0.5) is 5.69 Å². The average Bonchev–Trinajstić information content (AvgIpc) is 3.12. The van der Waals surface area contributed by atoms with E-state index in [1.807, 2.05) is 5.38 Å². The maximum Gasteiger partial charge on any atom is 0.243 e. The lowest BCUT2D eigenvalue weighted by molar-refractivity contribution is -0.116. The van der Waals surface area contributed by atoms with Gasteiger partial charge in [-0.2, -0.15) is 4.31 Å². The van der Waals surface area contributed by atoms with E-state index in [-0.39, 0.29) is 36.1 Å². The van der Waals surface area contributed by atoms with Gasteiger partial charge in [0.05, 0.1) is 15.9 Å². The number of carbonyl (C=O) groups excluding carboxylic acids is 1. The van der Waals surface area contributed by atoms with Crippen molar-refractivity contribution in [3.8, 4) is 0 Å². The zero-order valence-electron chi connectivity index (χ0n) is 15.0. The minimum Gasteiger partial charge on any atom is -0.326 e. The van der Waals surface area contributed by atoms with Crippen LogP contribution in [0.5, 0.6) is 0 Å². The Morgan fingerprint density at radius 3 is 2.71 bits per heavy atom. The number of thiophene rings is 1. The Morgan fingerprint density at radius 2 is 1.96 bits per heavy atom. The number of hydrogen-bond donors (Lipinski definition) is 1. The first-order chi connectivity index (χ1) is 13.3. The molecule has 0 spiro atoms. The van der Waals surface area contributed by atoms with Crippen molar-refractivity contribution in [2.45, 2.75) is 29.4 Å². The predicted octanol–water partition coefficient (Wildman–Crippen LogP) is 2.18. The second kappa shape index (κ2) is 7.25. The fourth-order valence-electron chi connectivity index (χ4n) is 3.63. The van der Waals surface area contributed by atoms with Gasteiger partial charge in [-0.15, -0.1) is 11.3 Å². The molecule has 4 rings (SSSR count). The smallest absolute Gasteiger partial charge is 0.243 e. The molecule has 0 unspecified atom stereocenters. The number of nitrogens with zero attached hydrogens (tertiary/aromatic N) is 1. The number of benzene rings is 1. The van der Waals surface area contributed by atoms with Crippen molar-refractivity contribution in [3.05, 3.63) is 46.2 Å². The second-order valence-electron chi connectivity index (χ2n) is 6.93. The molecule has 2 aliphatic rings. The minimum atomic E-state index is -3.82. The van der Waals surface area contributed by atoms with Crippen LogP contribution in [0.2, 0.25) is 0 Å². The molecule has 150 valence electrons. The topological polar surface area (TPSA) is 101 Å². The number of anilines is 1. The normalized spacial score (nSPS) is 22.9. The van der Waals surface area contributed by atoms with Gasteiger partial charge in [0.15, 0.2) is 9.84 Å². The van der Waals surface area contributed by atoms with E-state index >= 15 is 0 Å². The highest BCUT2D eigenvalue weighted by molar-refractivity contribution is 7.92. The first-order valence-electron chi connectivity index (χ1n) is 8.95. The van der Waals surface area contributed by atoms with E-state index in [0.717, 1.165) is 10.4 Å². The van der Waals surface area contributed by atoms with Gasteiger partial charge in [-0.25, -0.2) is 16.8 Å². The molecule has 1 N–H and O–H groups in total. The maximum atomic E-state index is 13.1. The lowest BCUT2D eigenvalue weighted by Gasteiger charge is -2.22. The number of fused-ring (bicyclic) bond motifs is 1. The van der Waals surface area contributed by atoms with Crippen LogP contribution in [0, 0.1) is 0 Å². The van der Waals surface area contributed by atoms with Crippen molar-refractivity contribution in [3.63, 3.8) is 0 Å². The molecular weight excluding hydrogens is 420 g/mol. The number of sulfone groups is 1. The molecule has 0 radical (unpaired) electrons. The maximum absolute atomic E-state index is 13.1. The van der Waals surface area contributed by atoms with Crippen molar-refractivity contribution in [1.29, 1.82) is 0 Å². The average molecular weight is 441 g/mol. The second-order valence-corrected chi connectivity index (χ2v) is 12.2. The molecule has 1 aromatic heterocycles. The summed E-state index contributed by atoms with van der Waals surface area (Å²) in [7, 11) is -7.24. The number of hydrogen-bond acceptors (Lipinski definition) is 6. The molecule has 1 atom stereocenters. The number of rotatable bonds is 3. The number of sulfonamides is 1. The van der Waals surface area contributed by atoms with Crippen LogP contribution in [-0.4, -0.2) is 45.9 Å². The first kappa shape index (κ1) is 19.6. The van der Waals surface area contributed by atoms with Gasteiger partial charge in [-0.05, 0) is 48.1 Å². The lowest BCUT2D eigenvalue weighted by Crippen LogP contribution is -2.33. The molecule has 2 aliphatic heterocycles. The van der Waals surface area contributed by atoms with Gasteiger partial charge in [0, 0.05) is 30.1 Å². The van der Waals surface area contributed by atoms with Crippen LogP contribution in [0.25, 0.3) is 0 Å². The Kier molecular flexibility index (Phi) is 5.07. The molecule has 3 heterocycles. The zero-order chi connectivity index (χ0) is 19.9. The van der Waals surface area contributed by atoms with Crippen LogP contribution in [0.3, 0.4) is 0 Å². The number of aryl methyl sites for hydroxylation is 1. The largest absolute Gasteiger partial charge is 0.326 e. The summed E-state index contributed by atoms with van der Waals surface area (Å²) in [5, 5.41) is 3.90. The SMILES string of the molecule is O=C1CCc2cc(S(=O)(=O)N3CC[C@@H](c4cccs4)S(=O)(=O)CC3)ccc2N1. The van der Waals surface area contributed by atoms with E-state index in [1.54, 1.807) is 24.3 Å². The van der Waals surface area contributed by atoms with Crippen molar-refractivity contribution in [2.75, 3.05) is 24.2 Å². The molecule has 0 bridgehead atoms. The molecule has 1 fully saturated rings. The molecule has 0 aliphatic carbocycles. The Labute approximate surface area is 168 Å². The highest BCUT2D eigenvalue weighted by Crippen LogP contribution is 2.34. The van der Waals surface area contributed by atoms with Crippen molar-refractivity contribution < 1.29 is 21.6 Å². The Bertz CT molecular complexity index is 1110. The summed E-state index contributed by atoms with van der Waals surface area (Å²) >= 11 is 1.38. The summed E-state index contributed by atoms with van der Waals surface area (Å²) in [6, 6.07) is 8.24.